The van der Waals surface area contributed by atoms with Gasteiger partial charge in [-0.2, -0.15) is 0 Å². The first kappa shape index (κ1) is 14.2. The number of rotatable bonds is 3. The van der Waals surface area contributed by atoms with Gasteiger partial charge in [-0.25, -0.2) is 9.78 Å². The Morgan fingerprint density at radius 2 is 2.00 bits per heavy atom. The molecule has 0 aliphatic heterocycles. The van der Waals surface area contributed by atoms with Crippen LogP contribution in [0.2, 0.25) is 10.0 Å². The third-order valence-corrected chi connectivity index (χ3v) is 4.09. The van der Waals surface area contributed by atoms with E-state index >= 15 is 0 Å². The van der Waals surface area contributed by atoms with Crippen molar-refractivity contribution in [3.05, 3.63) is 51.1 Å². The number of aryl methyl sites for hydroxylation is 2. The van der Waals surface area contributed by atoms with Gasteiger partial charge in [0.25, 0.3) is 0 Å². The van der Waals surface area contributed by atoms with Crippen LogP contribution >= 0.6 is 23.2 Å². The van der Waals surface area contributed by atoms with Crippen LogP contribution in [0.3, 0.4) is 0 Å². The van der Waals surface area contributed by atoms with Gasteiger partial charge in [-0.1, -0.05) is 23.2 Å². The van der Waals surface area contributed by atoms with Crippen molar-refractivity contribution in [1.29, 1.82) is 0 Å². The molecule has 0 spiro atoms. The molecule has 1 N–H and O–H groups in total. The third kappa shape index (κ3) is 2.82. The smallest absolute Gasteiger partial charge is 0.341 e. The summed E-state index contributed by atoms with van der Waals surface area (Å²) in [5.74, 6) is -0.578. The van der Waals surface area contributed by atoms with Crippen LogP contribution in [0.15, 0.2) is 24.3 Å². The number of aromatic nitrogens is 1. The Hall–Kier alpha value is -1.78. The molecule has 0 radical (unpaired) electrons. The zero-order chi connectivity index (χ0) is 15.0. The van der Waals surface area contributed by atoms with Gasteiger partial charge in [-0.3, -0.25) is 0 Å². The van der Waals surface area contributed by atoms with E-state index in [-0.39, 0.29) is 11.4 Å². The van der Waals surface area contributed by atoms with E-state index in [1.807, 2.05) is 0 Å². The van der Waals surface area contributed by atoms with Crippen LogP contribution < -0.4 is 4.74 Å². The fourth-order valence-corrected chi connectivity index (χ4v) is 2.62. The molecule has 0 unspecified atom stereocenters. The third-order valence-electron chi connectivity index (χ3n) is 3.35. The molecular weight excluding hydrogens is 313 g/mol. The number of carboxylic acid groups (broad SMARTS) is 1. The van der Waals surface area contributed by atoms with Gasteiger partial charge in [0.05, 0.1) is 10.0 Å². The number of benzene rings is 1. The zero-order valence-electron chi connectivity index (χ0n) is 10.9. The molecule has 1 aromatic carbocycles. The van der Waals surface area contributed by atoms with E-state index < -0.39 is 5.97 Å². The summed E-state index contributed by atoms with van der Waals surface area (Å²) in [7, 11) is 0. The molecule has 1 aliphatic carbocycles. The van der Waals surface area contributed by atoms with Gasteiger partial charge in [0.15, 0.2) is 0 Å². The predicted octanol–water partition coefficient (Wildman–Crippen LogP) is 4.37. The zero-order valence-corrected chi connectivity index (χ0v) is 12.4. The highest BCUT2D eigenvalue weighted by molar-refractivity contribution is 6.42. The molecule has 3 rings (SSSR count). The maximum absolute atomic E-state index is 11.4. The minimum atomic E-state index is -1.06. The minimum Gasteiger partial charge on any atom is -0.477 e. The summed E-state index contributed by atoms with van der Waals surface area (Å²) in [6.45, 7) is 0. The van der Waals surface area contributed by atoms with Crippen LogP contribution in [0.5, 0.6) is 11.6 Å². The SMILES string of the molecule is O=C(O)c1cc2c(nc1Oc1ccc(Cl)c(Cl)c1)CCC2. The lowest BCUT2D eigenvalue weighted by molar-refractivity contribution is 0.0693. The van der Waals surface area contributed by atoms with Gasteiger partial charge in [-0.15, -0.1) is 0 Å². The van der Waals surface area contributed by atoms with Crippen molar-refractivity contribution in [3.8, 4) is 11.6 Å². The largest absolute Gasteiger partial charge is 0.477 e. The molecule has 108 valence electrons. The summed E-state index contributed by atoms with van der Waals surface area (Å²) in [5, 5.41) is 10.1. The Balaban J connectivity index is 2.01. The van der Waals surface area contributed by atoms with Crippen LogP contribution in [-0.4, -0.2) is 16.1 Å². The van der Waals surface area contributed by atoms with Crippen molar-refractivity contribution < 1.29 is 14.6 Å². The molecule has 1 aliphatic rings. The number of nitrogens with zero attached hydrogens (tertiary/aromatic N) is 1. The molecule has 6 heteroatoms. The molecular formula is C15H11Cl2NO3. The van der Waals surface area contributed by atoms with Gasteiger partial charge >= 0.3 is 5.97 Å². The molecule has 0 bridgehead atoms. The summed E-state index contributed by atoms with van der Waals surface area (Å²) in [6, 6.07) is 6.39. The molecule has 0 fully saturated rings. The van der Waals surface area contributed by atoms with Crippen molar-refractivity contribution in [1.82, 2.24) is 4.98 Å². The number of ether oxygens (including phenoxy) is 1. The maximum Gasteiger partial charge on any atom is 0.341 e. The normalized spacial score (nSPS) is 13.0. The molecule has 0 saturated heterocycles. The number of pyridine rings is 1. The van der Waals surface area contributed by atoms with Crippen molar-refractivity contribution >= 4 is 29.2 Å². The average molecular weight is 324 g/mol. The van der Waals surface area contributed by atoms with Crippen molar-refractivity contribution in [2.75, 3.05) is 0 Å². The topological polar surface area (TPSA) is 59.4 Å². The fraction of sp³-hybridized carbons (Fsp3) is 0.200. The van der Waals surface area contributed by atoms with Gasteiger partial charge in [-0.05, 0) is 43.0 Å². The summed E-state index contributed by atoms with van der Waals surface area (Å²) >= 11 is 11.8. The highest BCUT2D eigenvalue weighted by Crippen LogP contribution is 2.32. The van der Waals surface area contributed by atoms with Crippen LogP contribution in [0.25, 0.3) is 0 Å². The minimum absolute atomic E-state index is 0.0572. The van der Waals surface area contributed by atoms with E-state index in [0.29, 0.717) is 15.8 Å². The molecule has 0 saturated carbocycles. The molecule has 1 aromatic heterocycles. The summed E-state index contributed by atoms with van der Waals surface area (Å²) < 4.78 is 5.60. The second-order valence-corrected chi connectivity index (χ2v) is 5.60. The lowest BCUT2D eigenvalue weighted by atomic mass is 10.1. The highest BCUT2D eigenvalue weighted by Gasteiger charge is 2.21. The first-order valence-electron chi connectivity index (χ1n) is 6.43. The standard InChI is InChI=1S/C15H11Cl2NO3/c16-11-5-4-9(7-12(11)17)21-14-10(15(19)20)6-8-2-1-3-13(8)18-14/h4-7H,1-3H2,(H,19,20). The summed E-state index contributed by atoms with van der Waals surface area (Å²) in [6.07, 6.45) is 2.68. The lowest BCUT2D eigenvalue weighted by Gasteiger charge is -2.10. The Labute approximate surface area is 131 Å². The quantitative estimate of drug-likeness (QED) is 0.911. The second kappa shape index (κ2) is 5.54. The van der Waals surface area contributed by atoms with E-state index in [2.05, 4.69) is 4.98 Å². The Bertz CT molecular complexity index is 731. The number of hydrogen-bond acceptors (Lipinski definition) is 3. The van der Waals surface area contributed by atoms with E-state index in [1.54, 1.807) is 18.2 Å². The number of aromatic carboxylic acids is 1. The Kier molecular flexibility index (Phi) is 3.74. The van der Waals surface area contributed by atoms with Gasteiger partial charge in [0, 0.05) is 11.8 Å². The van der Waals surface area contributed by atoms with E-state index in [0.717, 1.165) is 30.5 Å². The molecule has 1 heterocycles. The molecule has 4 nitrogen and oxygen atoms in total. The van der Waals surface area contributed by atoms with Crippen LogP contribution in [0, 0.1) is 0 Å². The lowest BCUT2D eigenvalue weighted by Crippen LogP contribution is -2.05. The van der Waals surface area contributed by atoms with Crippen LogP contribution in [0.4, 0.5) is 0 Å². The predicted molar refractivity (Wildman–Crippen MR) is 79.8 cm³/mol. The van der Waals surface area contributed by atoms with E-state index in [1.165, 1.54) is 6.07 Å². The molecule has 21 heavy (non-hydrogen) atoms. The second-order valence-electron chi connectivity index (χ2n) is 4.78. The Morgan fingerprint density at radius 3 is 2.71 bits per heavy atom. The van der Waals surface area contributed by atoms with Crippen molar-refractivity contribution in [3.63, 3.8) is 0 Å². The average Bonchev–Trinajstić information content (AvgIpc) is 2.89. The number of fused-ring (bicyclic) bond motifs is 1. The molecule has 0 amide bonds. The summed E-state index contributed by atoms with van der Waals surface area (Å²) in [4.78, 5) is 15.7. The molecule has 2 aromatic rings. The van der Waals surface area contributed by atoms with Crippen LogP contribution in [-0.2, 0) is 12.8 Å². The van der Waals surface area contributed by atoms with Gasteiger partial charge < -0.3 is 9.84 Å². The van der Waals surface area contributed by atoms with Crippen LogP contribution in [0.1, 0.15) is 28.0 Å². The highest BCUT2D eigenvalue weighted by atomic mass is 35.5. The van der Waals surface area contributed by atoms with Gasteiger partial charge in [0.1, 0.15) is 11.3 Å². The summed E-state index contributed by atoms with van der Waals surface area (Å²) in [5.41, 5.74) is 1.94. The monoisotopic (exact) mass is 323 g/mol. The van der Waals surface area contributed by atoms with E-state index in [9.17, 15) is 9.90 Å². The number of carboxylic acids is 1. The maximum atomic E-state index is 11.4. The number of hydrogen-bond donors (Lipinski definition) is 1. The first-order valence-corrected chi connectivity index (χ1v) is 7.19. The Morgan fingerprint density at radius 1 is 1.19 bits per heavy atom. The van der Waals surface area contributed by atoms with Crippen molar-refractivity contribution in [2.45, 2.75) is 19.3 Å². The van der Waals surface area contributed by atoms with Crippen molar-refractivity contribution in [2.24, 2.45) is 0 Å². The fourth-order valence-electron chi connectivity index (χ4n) is 2.34. The molecule has 0 atom stereocenters. The number of carbonyl (C=O) groups is 1. The van der Waals surface area contributed by atoms with Gasteiger partial charge in [0.2, 0.25) is 5.88 Å². The number of halogens is 2. The first-order chi connectivity index (χ1) is 10.0. The van der Waals surface area contributed by atoms with E-state index in [4.69, 9.17) is 27.9 Å².